The van der Waals surface area contributed by atoms with Crippen LogP contribution in [-0.2, 0) is 23.7 Å². The molecule has 27 heavy (non-hydrogen) atoms. The Kier molecular flexibility index (Phi) is 9.29. The van der Waals surface area contributed by atoms with Gasteiger partial charge in [-0.1, -0.05) is 0 Å². The molecule has 0 amide bonds. The Morgan fingerprint density at radius 1 is 0.741 bits per heavy atom. The Morgan fingerprint density at radius 2 is 1.37 bits per heavy atom. The molecule has 0 aromatic rings. The summed E-state index contributed by atoms with van der Waals surface area (Å²) < 4.78 is 29.3. The molecule has 3 aliphatic rings. The van der Waals surface area contributed by atoms with Gasteiger partial charge < -0.3 is 28.8 Å². The molecule has 0 radical (unpaired) electrons. The summed E-state index contributed by atoms with van der Waals surface area (Å²) in [6.45, 7) is 6.62. The first-order valence-electron chi connectivity index (χ1n) is 10.9. The maximum absolute atomic E-state index is 9.09. The van der Waals surface area contributed by atoms with E-state index < -0.39 is 0 Å². The molecule has 3 fully saturated rings. The van der Waals surface area contributed by atoms with E-state index in [-0.39, 0.29) is 24.9 Å². The van der Waals surface area contributed by atoms with Gasteiger partial charge >= 0.3 is 0 Å². The third kappa shape index (κ3) is 7.59. The van der Waals surface area contributed by atoms with E-state index in [1.165, 1.54) is 12.8 Å². The Morgan fingerprint density at radius 3 is 1.93 bits per heavy atom. The second kappa shape index (κ2) is 11.7. The fraction of sp³-hybridized carbons (Fsp3) is 1.00. The van der Waals surface area contributed by atoms with Gasteiger partial charge in [-0.05, 0) is 51.9 Å². The number of aliphatic hydroxyl groups is 1. The van der Waals surface area contributed by atoms with Gasteiger partial charge in [-0.2, -0.15) is 0 Å². The van der Waals surface area contributed by atoms with E-state index in [1.54, 1.807) is 0 Å². The van der Waals surface area contributed by atoms with Crippen LogP contribution in [0.15, 0.2) is 0 Å². The number of hydrogen-bond acceptors (Lipinski definition) is 6. The molecule has 0 bridgehead atoms. The molecule has 1 N–H and O–H groups in total. The fourth-order valence-corrected chi connectivity index (χ4v) is 4.21. The Balaban J connectivity index is 1.19. The molecule has 6 nitrogen and oxygen atoms in total. The monoisotopic (exact) mass is 386 g/mol. The summed E-state index contributed by atoms with van der Waals surface area (Å²) >= 11 is 0. The third-order valence-electron chi connectivity index (χ3n) is 6.01. The maximum Gasteiger partial charge on any atom is 0.0812 e. The molecule has 158 valence electrons. The first kappa shape index (κ1) is 21.5. The fourth-order valence-electron chi connectivity index (χ4n) is 4.21. The molecule has 3 aliphatic heterocycles. The summed E-state index contributed by atoms with van der Waals surface area (Å²) in [5.41, 5.74) is 0. The van der Waals surface area contributed by atoms with Gasteiger partial charge in [-0.3, -0.25) is 0 Å². The van der Waals surface area contributed by atoms with Crippen molar-refractivity contribution in [3.05, 3.63) is 0 Å². The van der Waals surface area contributed by atoms with Crippen LogP contribution in [0.25, 0.3) is 0 Å². The minimum Gasteiger partial charge on any atom is -0.394 e. The zero-order valence-electron chi connectivity index (χ0n) is 16.9. The molecule has 6 heteroatoms. The Bertz CT molecular complexity index is 390. The lowest BCUT2D eigenvalue weighted by atomic mass is 9.99. The van der Waals surface area contributed by atoms with Gasteiger partial charge in [0.15, 0.2) is 0 Å². The number of ether oxygens (including phenoxy) is 5. The van der Waals surface area contributed by atoms with E-state index in [4.69, 9.17) is 28.8 Å². The van der Waals surface area contributed by atoms with Crippen molar-refractivity contribution in [2.75, 3.05) is 46.2 Å². The molecule has 3 heterocycles. The predicted molar refractivity (Wildman–Crippen MR) is 102 cm³/mol. The summed E-state index contributed by atoms with van der Waals surface area (Å²) in [7, 11) is 0. The summed E-state index contributed by atoms with van der Waals surface area (Å²) in [6.07, 6.45) is 8.60. The van der Waals surface area contributed by atoms with Crippen LogP contribution in [0.1, 0.15) is 51.9 Å². The van der Waals surface area contributed by atoms with Crippen LogP contribution < -0.4 is 0 Å². The number of rotatable bonds is 9. The third-order valence-corrected chi connectivity index (χ3v) is 6.01. The van der Waals surface area contributed by atoms with E-state index in [9.17, 15) is 0 Å². The summed E-state index contributed by atoms with van der Waals surface area (Å²) in [4.78, 5) is 0. The van der Waals surface area contributed by atoms with Crippen molar-refractivity contribution in [2.45, 2.75) is 76.3 Å². The molecule has 6 unspecified atom stereocenters. The predicted octanol–water partition coefficient (Wildman–Crippen LogP) is 2.56. The maximum atomic E-state index is 9.09. The lowest BCUT2D eigenvalue weighted by Gasteiger charge is -2.31. The molecule has 0 spiro atoms. The van der Waals surface area contributed by atoms with Gasteiger partial charge in [0.1, 0.15) is 0 Å². The van der Waals surface area contributed by atoms with Crippen molar-refractivity contribution in [1.29, 1.82) is 0 Å². The van der Waals surface area contributed by atoms with E-state index in [0.717, 1.165) is 51.9 Å². The quantitative estimate of drug-likeness (QED) is 0.657. The molecule has 0 aliphatic carbocycles. The minimum atomic E-state index is 0.0233. The van der Waals surface area contributed by atoms with Crippen molar-refractivity contribution in [3.8, 4) is 0 Å². The van der Waals surface area contributed by atoms with Crippen LogP contribution in [-0.4, -0.2) is 75.8 Å². The van der Waals surface area contributed by atoms with Gasteiger partial charge in [0.05, 0.1) is 70.7 Å². The molecule has 0 aromatic carbocycles. The first-order valence-corrected chi connectivity index (χ1v) is 10.9. The van der Waals surface area contributed by atoms with E-state index in [2.05, 4.69) is 6.92 Å². The average Bonchev–Trinajstić information content (AvgIpc) is 2.70. The molecule has 0 saturated carbocycles. The van der Waals surface area contributed by atoms with Crippen LogP contribution in [0.3, 0.4) is 0 Å². The molecule has 0 aromatic heterocycles. The lowest BCUT2D eigenvalue weighted by Crippen LogP contribution is -2.35. The highest BCUT2D eigenvalue weighted by atomic mass is 16.5. The largest absolute Gasteiger partial charge is 0.394 e. The highest BCUT2D eigenvalue weighted by Gasteiger charge is 2.25. The van der Waals surface area contributed by atoms with Crippen LogP contribution in [0, 0.1) is 11.8 Å². The topological polar surface area (TPSA) is 66.4 Å². The number of aliphatic hydroxyl groups excluding tert-OH is 1. The second-order valence-electron chi connectivity index (χ2n) is 8.55. The molecule has 3 saturated heterocycles. The number of hydrogen-bond donors (Lipinski definition) is 1. The standard InChI is InChI=1S/C21H38O6/c1-16-3-2-4-21(27-16)15-24-11-18-6-8-20(26-13-18)14-23-10-17-5-7-19(9-22)25-12-17/h16-22H,2-15H2,1H3. The highest BCUT2D eigenvalue weighted by Crippen LogP contribution is 2.23. The molecule has 3 rings (SSSR count). The second-order valence-corrected chi connectivity index (χ2v) is 8.55. The lowest BCUT2D eigenvalue weighted by molar-refractivity contribution is -0.107. The van der Waals surface area contributed by atoms with Crippen molar-refractivity contribution in [3.63, 3.8) is 0 Å². The van der Waals surface area contributed by atoms with Crippen LogP contribution >= 0.6 is 0 Å². The van der Waals surface area contributed by atoms with Crippen molar-refractivity contribution in [1.82, 2.24) is 0 Å². The van der Waals surface area contributed by atoms with E-state index in [1.807, 2.05) is 0 Å². The zero-order valence-corrected chi connectivity index (χ0v) is 16.9. The summed E-state index contributed by atoms with van der Waals surface area (Å²) in [5, 5.41) is 9.09. The van der Waals surface area contributed by atoms with E-state index >= 15 is 0 Å². The first-order chi connectivity index (χ1) is 13.2. The van der Waals surface area contributed by atoms with Gasteiger partial charge in [0.2, 0.25) is 0 Å². The van der Waals surface area contributed by atoms with Crippen molar-refractivity contribution < 1.29 is 28.8 Å². The van der Waals surface area contributed by atoms with Crippen molar-refractivity contribution >= 4 is 0 Å². The van der Waals surface area contributed by atoms with Gasteiger partial charge in [-0.25, -0.2) is 0 Å². The average molecular weight is 387 g/mol. The van der Waals surface area contributed by atoms with Crippen LogP contribution in [0.4, 0.5) is 0 Å². The summed E-state index contributed by atoms with van der Waals surface area (Å²) in [5.74, 6) is 0.937. The Hall–Kier alpha value is -0.240. The van der Waals surface area contributed by atoms with Gasteiger partial charge in [-0.15, -0.1) is 0 Å². The SMILES string of the molecule is CC1CCCC(COCC2CCC(COCC3CCC(CO)OC3)OC2)O1. The van der Waals surface area contributed by atoms with Gasteiger partial charge in [0.25, 0.3) is 0 Å². The van der Waals surface area contributed by atoms with Crippen LogP contribution in [0.5, 0.6) is 0 Å². The van der Waals surface area contributed by atoms with Crippen LogP contribution in [0.2, 0.25) is 0 Å². The summed E-state index contributed by atoms with van der Waals surface area (Å²) in [6, 6.07) is 0. The van der Waals surface area contributed by atoms with E-state index in [0.29, 0.717) is 37.8 Å². The smallest absolute Gasteiger partial charge is 0.0812 e. The Labute approximate surface area is 163 Å². The zero-order chi connectivity index (χ0) is 18.9. The normalized spacial score (nSPS) is 38.0. The molecular formula is C21H38O6. The minimum absolute atomic E-state index is 0.0233. The molecule has 6 atom stereocenters. The highest BCUT2D eigenvalue weighted by molar-refractivity contribution is 4.73. The van der Waals surface area contributed by atoms with Crippen molar-refractivity contribution in [2.24, 2.45) is 11.8 Å². The molecular weight excluding hydrogens is 348 g/mol. The van der Waals surface area contributed by atoms with Gasteiger partial charge in [0, 0.05) is 11.8 Å².